The Balaban J connectivity index is 1.00. The van der Waals surface area contributed by atoms with Gasteiger partial charge in [-0.05, 0) is 74.5 Å². The molecule has 10 nitrogen and oxygen atoms in total. The average molecular weight is 656 g/mol. The van der Waals surface area contributed by atoms with Crippen molar-refractivity contribution in [3.05, 3.63) is 119 Å². The van der Waals surface area contributed by atoms with E-state index in [9.17, 15) is 14.7 Å². The normalized spacial score (nSPS) is 12.0. The van der Waals surface area contributed by atoms with E-state index in [1.807, 2.05) is 48.5 Å². The molecule has 0 radical (unpaired) electrons. The predicted molar refractivity (Wildman–Crippen MR) is 187 cm³/mol. The van der Waals surface area contributed by atoms with Gasteiger partial charge < -0.3 is 28.3 Å². The van der Waals surface area contributed by atoms with Crippen molar-refractivity contribution in [1.29, 1.82) is 0 Å². The number of nitrogens with zero attached hydrogens (tertiary/aromatic N) is 3. The molecule has 10 heteroatoms. The maximum absolute atomic E-state index is 12.9. The highest BCUT2D eigenvalue weighted by Gasteiger charge is 2.18. The summed E-state index contributed by atoms with van der Waals surface area (Å²) in [6.45, 7) is 5.49. The molecule has 1 atom stereocenters. The van der Waals surface area contributed by atoms with Crippen molar-refractivity contribution in [2.24, 2.45) is 0 Å². The van der Waals surface area contributed by atoms with Gasteiger partial charge in [0.1, 0.15) is 36.3 Å². The molecule has 2 aliphatic rings. The van der Waals surface area contributed by atoms with Crippen molar-refractivity contribution >= 4 is 33.5 Å². The van der Waals surface area contributed by atoms with E-state index >= 15 is 0 Å². The molecule has 0 saturated carbocycles. The molecule has 2 heterocycles. The lowest BCUT2D eigenvalue weighted by atomic mass is 10.0. The molecule has 1 aliphatic carbocycles. The summed E-state index contributed by atoms with van der Waals surface area (Å²) in [5, 5.41) is 11.6. The molecule has 7 rings (SSSR count). The predicted octanol–water partition coefficient (Wildman–Crippen LogP) is 7.21. The molecule has 49 heavy (non-hydrogen) atoms. The number of benzene rings is 5. The van der Waals surface area contributed by atoms with Gasteiger partial charge in [-0.1, -0.05) is 30.3 Å². The van der Waals surface area contributed by atoms with Gasteiger partial charge in [-0.2, -0.15) is 0 Å². The minimum Gasteiger partial charge on any atom is -0.491 e. The quantitative estimate of drug-likeness (QED) is 0.0867. The number of hydrogen-bond donors (Lipinski definition) is 1. The maximum Gasteiger partial charge on any atom is 0.338 e. The van der Waals surface area contributed by atoms with Crippen LogP contribution in [0.3, 0.4) is 0 Å². The first-order valence-electron chi connectivity index (χ1n) is 16.1. The summed E-state index contributed by atoms with van der Waals surface area (Å²) in [4.78, 5) is 37.0. The van der Waals surface area contributed by atoms with Crippen molar-refractivity contribution in [2.45, 2.75) is 20.0 Å². The van der Waals surface area contributed by atoms with Crippen LogP contribution in [0.15, 0.2) is 117 Å². The minimum absolute atomic E-state index is 0.143. The van der Waals surface area contributed by atoms with E-state index in [1.54, 1.807) is 48.7 Å². The fourth-order valence-corrected chi connectivity index (χ4v) is 5.71. The van der Waals surface area contributed by atoms with Crippen LogP contribution in [-0.2, 0) is 4.74 Å². The lowest BCUT2D eigenvalue weighted by Gasteiger charge is -2.21. The molecular weight excluding hydrogens is 622 g/mol. The lowest BCUT2D eigenvalue weighted by Crippen LogP contribution is -2.25. The number of aliphatic hydroxyl groups excluding tert-OH is 1. The van der Waals surface area contributed by atoms with Crippen LogP contribution in [0.5, 0.6) is 5.75 Å². The number of rotatable bonds is 11. The van der Waals surface area contributed by atoms with E-state index in [-0.39, 0.29) is 18.6 Å². The molecule has 1 N–H and O–H groups in total. The van der Waals surface area contributed by atoms with Crippen molar-refractivity contribution in [1.82, 2.24) is 9.97 Å². The number of fused-ring (bicyclic) bond motifs is 4. The summed E-state index contributed by atoms with van der Waals surface area (Å²) in [5.41, 5.74) is 4.57. The fraction of sp³-hybridized carbons (Fsp3) is 0.179. The SMILES string of the molecule is CCN(CC)c1ccc2oc3cc(=O)c4ccc(OCC(O)COC(=O)c5ccc(-c6cnc(-c7ccccc7)o6)cc5)cc4c-3nc2c1. The van der Waals surface area contributed by atoms with Gasteiger partial charge in [0.25, 0.3) is 0 Å². The van der Waals surface area contributed by atoms with Gasteiger partial charge in [0.2, 0.25) is 5.89 Å². The summed E-state index contributed by atoms with van der Waals surface area (Å²) in [6.07, 6.45) is 0.545. The van der Waals surface area contributed by atoms with E-state index in [2.05, 4.69) is 23.7 Å². The largest absolute Gasteiger partial charge is 0.491 e. The molecule has 0 bridgehead atoms. The van der Waals surface area contributed by atoms with Gasteiger partial charge in [0, 0.05) is 46.7 Å². The monoisotopic (exact) mass is 655 g/mol. The average Bonchev–Trinajstić information content (AvgIpc) is 3.64. The second-order valence-electron chi connectivity index (χ2n) is 11.5. The summed E-state index contributed by atoms with van der Waals surface area (Å²) in [5.74, 6) is 1.28. The van der Waals surface area contributed by atoms with Gasteiger partial charge in [-0.25, -0.2) is 14.8 Å². The highest BCUT2D eigenvalue weighted by atomic mass is 16.5. The Labute approximate surface area is 281 Å². The van der Waals surface area contributed by atoms with Crippen LogP contribution in [-0.4, -0.2) is 53.5 Å². The van der Waals surface area contributed by atoms with Gasteiger partial charge in [-0.3, -0.25) is 4.79 Å². The number of esters is 1. The van der Waals surface area contributed by atoms with Gasteiger partial charge >= 0.3 is 5.97 Å². The maximum atomic E-state index is 12.9. The number of hydrogen-bond acceptors (Lipinski definition) is 10. The van der Waals surface area contributed by atoms with Crippen molar-refractivity contribution in [3.63, 3.8) is 0 Å². The number of carbonyl (C=O) groups excluding carboxylic acids is 1. The summed E-state index contributed by atoms with van der Waals surface area (Å²) in [6, 6.07) is 28.6. The molecule has 1 unspecified atom stereocenters. The molecular formula is C39H33N3O7. The highest BCUT2D eigenvalue weighted by molar-refractivity contribution is 5.97. The topological polar surface area (TPSA) is 128 Å². The first-order chi connectivity index (χ1) is 23.9. The molecule has 0 spiro atoms. The molecule has 4 aromatic carbocycles. The van der Waals surface area contributed by atoms with Crippen LogP contribution >= 0.6 is 0 Å². The van der Waals surface area contributed by atoms with Crippen LogP contribution in [0.4, 0.5) is 5.69 Å². The molecule has 0 fully saturated rings. The number of oxazole rings is 1. The fourth-order valence-electron chi connectivity index (χ4n) is 5.71. The Morgan fingerprint density at radius 1 is 0.837 bits per heavy atom. The van der Waals surface area contributed by atoms with Gasteiger partial charge in [-0.15, -0.1) is 0 Å². The second-order valence-corrected chi connectivity index (χ2v) is 11.5. The molecule has 5 aromatic rings. The second kappa shape index (κ2) is 13.6. The van der Waals surface area contributed by atoms with E-state index in [1.165, 1.54) is 6.07 Å². The van der Waals surface area contributed by atoms with E-state index in [4.69, 9.17) is 23.3 Å². The number of aromatic nitrogens is 2. The zero-order chi connectivity index (χ0) is 33.9. The van der Waals surface area contributed by atoms with Crippen molar-refractivity contribution in [3.8, 4) is 40.0 Å². The third kappa shape index (κ3) is 6.59. The number of ether oxygens (including phenoxy) is 2. The van der Waals surface area contributed by atoms with Gasteiger partial charge in [0.05, 0.1) is 11.8 Å². The van der Waals surface area contributed by atoms with E-state index in [0.29, 0.717) is 56.3 Å². The number of anilines is 1. The summed E-state index contributed by atoms with van der Waals surface area (Å²) in [7, 11) is 0. The van der Waals surface area contributed by atoms with E-state index < -0.39 is 12.1 Å². The third-order valence-corrected chi connectivity index (χ3v) is 8.31. The zero-order valence-corrected chi connectivity index (χ0v) is 27.0. The Bertz CT molecular complexity index is 2280. The summed E-state index contributed by atoms with van der Waals surface area (Å²) >= 11 is 0. The third-order valence-electron chi connectivity index (χ3n) is 8.31. The van der Waals surface area contributed by atoms with Crippen molar-refractivity contribution in [2.75, 3.05) is 31.2 Å². The number of carbonyl (C=O) groups is 1. The minimum atomic E-state index is -1.09. The Kier molecular flexibility index (Phi) is 8.78. The molecule has 1 aromatic heterocycles. The Morgan fingerprint density at radius 2 is 1.63 bits per heavy atom. The highest BCUT2D eigenvalue weighted by Crippen LogP contribution is 2.33. The van der Waals surface area contributed by atoms with Gasteiger partial charge in [0.15, 0.2) is 22.5 Å². The summed E-state index contributed by atoms with van der Waals surface area (Å²) < 4.78 is 23.2. The molecule has 246 valence electrons. The first kappa shape index (κ1) is 31.6. The van der Waals surface area contributed by atoms with E-state index in [0.717, 1.165) is 29.9 Å². The first-order valence-corrected chi connectivity index (χ1v) is 16.1. The molecule has 1 aliphatic heterocycles. The van der Waals surface area contributed by atoms with Crippen LogP contribution in [0.25, 0.3) is 56.1 Å². The lowest BCUT2D eigenvalue weighted by molar-refractivity contribution is 0.0130. The zero-order valence-electron chi connectivity index (χ0n) is 27.0. The number of aliphatic hydroxyl groups is 1. The van der Waals surface area contributed by atoms with Crippen molar-refractivity contribution < 1.29 is 28.2 Å². The van der Waals surface area contributed by atoms with Crippen LogP contribution in [0.1, 0.15) is 24.2 Å². The smallest absolute Gasteiger partial charge is 0.338 e. The van der Waals surface area contributed by atoms with Crippen LogP contribution in [0.2, 0.25) is 0 Å². The van der Waals surface area contributed by atoms with Crippen LogP contribution in [0, 0.1) is 0 Å². The molecule has 0 amide bonds. The Hall–Kier alpha value is -6.00. The van der Waals surface area contributed by atoms with Crippen LogP contribution < -0.4 is 15.1 Å². The Morgan fingerprint density at radius 3 is 2.41 bits per heavy atom. The standard InChI is InChI=1S/C39H33N3O7/c1-3-42(4-2)27-14-17-34-32(18-27)41-37-31-19-29(15-16-30(31)33(44)20-35(37)48-34)46-22-28(43)23-47-39(45)26-12-10-24(11-13-26)36-21-40-38(49-36)25-8-6-5-7-9-25/h5-21,28,43H,3-4,22-23H2,1-2H3. The molecule has 0 saturated heterocycles.